The van der Waals surface area contributed by atoms with Gasteiger partial charge >= 0.3 is 0 Å². The summed E-state index contributed by atoms with van der Waals surface area (Å²) in [5, 5.41) is 80.1. The smallest absolute Gasteiger partial charge is 0.174 e. The Bertz CT molecular complexity index is 1050. The highest BCUT2D eigenvalue weighted by molar-refractivity contribution is 6.02. The number of aromatic hydroxyl groups is 4. The first-order valence-corrected chi connectivity index (χ1v) is 9.74. The molecule has 2 aromatic carbocycles. The van der Waals surface area contributed by atoms with E-state index < -0.39 is 66.3 Å². The molecule has 2 heterocycles. The van der Waals surface area contributed by atoms with Gasteiger partial charge in [-0.1, -0.05) is 0 Å². The van der Waals surface area contributed by atoms with Gasteiger partial charge in [-0.15, -0.1) is 0 Å². The molecule has 4 rings (SSSR count). The van der Waals surface area contributed by atoms with Crippen LogP contribution in [0.4, 0.5) is 0 Å². The van der Waals surface area contributed by atoms with E-state index in [1.165, 1.54) is 6.07 Å². The Morgan fingerprint density at radius 1 is 0.844 bits per heavy atom. The van der Waals surface area contributed by atoms with Gasteiger partial charge in [-0.05, 0) is 6.07 Å². The number of fused-ring (bicyclic) bond motifs is 1. The third-order valence-corrected chi connectivity index (χ3v) is 5.71. The average molecular weight is 450 g/mol. The SMILES string of the molecule is O=C1C[C@@H](c2cc([C@@H]3O[C@H](CO)[C@@H](O)[C@H](O)[C@H]3O)c(O)cc2O)Oc2cc(O)cc(O)c21. The van der Waals surface area contributed by atoms with Crippen LogP contribution in [0.1, 0.15) is 40.1 Å². The molecular weight excluding hydrogens is 428 g/mol. The van der Waals surface area contributed by atoms with Crippen molar-refractivity contribution in [3.05, 3.63) is 41.0 Å². The molecule has 0 spiro atoms. The lowest BCUT2D eigenvalue weighted by molar-refractivity contribution is -0.232. The third-order valence-electron chi connectivity index (χ3n) is 5.71. The maximum Gasteiger partial charge on any atom is 0.174 e. The van der Waals surface area contributed by atoms with Crippen LogP contribution in [0.3, 0.4) is 0 Å². The van der Waals surface area contributed by atoms with E-state index in [-0.39, 0.29) is 34.6 Å². The van der Waals surface area contributed by atoms with Crippen molar-refractivity contribution in [2.45, 2.75) is 43.0 Å². The quantitative estimate of drug-likeness (QED) is 0.306. The fraction of sp³-hybridized carbons (Fsp3) is 0.381. The van der Waals surface area contributed by atoms with E-state index >= 15 is 0 Å². The van der Waals surface area contributed by atoms with Crippen molar-refractivity contribution in [2.75, 3.05) is 6.61 Å². The number of phenols is 4. The summed E-state index contributed by atoms with van der Waals surface area (Å²) in [5.41, 5.74) is -0.182. The predicted octanol–water partition coefficient (Wildman–Crippen LogP) is -0.270. The lowest BCUT2D eigenvalue weighted by Crippen LogP contribution is -2.55. The lowest BCUT2D eigenvalue weighted by atomic mass is 9.88. The van der Waals surface area contributed by atoms with Crippen molar-refractivity contribution in [3.8, 4) is 28.7 Å². The van der Waals surface area contributed by atoms with Crippen molar-refractivity contribution < 1.29 is 55.1 Å². The van der Waals surface area contributed by atoms with Gasteiger partial charge in [0.05, 0.1) is 13.0 Å². The molecule has 0 amide bonds. The average Bonchev–Trinajstić information content (AvgIpc) is 2.72. The van der Waals surface area contributed by atoms with Crippen LogP contribution in [0.2, 0.25) is 0 Å². The fourth-order valence-electron chi connectivity index (χ4n) is 4.05. The second-order valence-corrected chi connectivity index (χ2v) is 7.79. The molecule has 0 aliphatic carbocycles. The summed E-state index contributed by atoms with van der Waals surface area (Å²) in [6.07, 6.45) is -8.95. The van der Waals surface area contributed by atoms with E-state index in [4.69, 9.17) is 9.47 Å². The van der Waals surface area contributed by atoms with E-state index in [9.17, 15) is 45.6 Å². The van der Waals surface area contributed by atoms with Crippen LogP contribution in [0, 0.1) is 0 Å². The Balaban J connectivity index is 1.73. The molecule has 2 aliphatic rings. The van der Waals surface area contributed by atoms with Gasteiger partial charge in [0, 0.05) is 29.3 Å². The van der Waals surface area contributed by atoms with Crippen LogP contribution in [-0.4, -0.2) is 77.7 Å². The second-order valence-electron chi connectivity index (χ2n) is 7.79. The Morgan fingerprint density at radius 2 is 1.53 bits per heavy atom. The van der Waals surface area contributed by atoms with E-state index in [1.807, 2.05) is 0 Å². The maximum atomic E-state index is 12.6. The number of Topliss-reactive ketones (excluding diaryl/α,β-unsaturated/α-hetero) is 1. The molecule has 1 fully saturated rings. The number of ether oxygens (including phenoxy) is 2. The molecule has 172 valence electrons. The van der Waals surface area contributed by atoms with Crippen molar-refractivity contribution >= 4 is 5.78 Å². The number of benzene rings is 2. The van der Waals surface area contributed by atoms with Gasteiger partial charge < -0.3 is 50.3 Å². The zero-order valence-corrected chi connectivity index (χ0v) is 16.5. The molecule has 0 radical (unpaired) electrons. The molecule has 2 aromatic rings. The minimum atomic E-state index is -1.69. The van der Waals surface area contributed by atoms with Gasteiger partial charge in [0.15, 0.2) is 5.78 Å². The van der Waals surface area contributed by atoms with E-state index in [0.29, 0.717) is 0 Å². The summed E-state index contributed by atoms with van der Waals surface area (Å²) in [6, 6.07) is 4.28. The van der Waals surface area contributed by atoms with Crippen molar-refractivity contribution in [1.82, 2.24) is 0 Å². The summed E-state index contributed by atoms with van der Waals surface area (Å²) < 4.78 is 11.2. The monoisotopic (exact) mass is 450 g/mol. The van der Waals surface area contributed by atoms with E-state index in [2.05, 4.69) is 0 Å². The van der Waals surface area contributed by atoms with Crippen LogP contribution < -0.4 is 4.74 Å². The number of ketones is 1. The van der Waals surface area contributed by atoms with Crippen LogP contribution in [0.25, 0.3) is 0 Å². The summed E-state index contributed by atoms with van der Waals surface area (Å²) >= 11 is 0. The molecule has 6 atom stereocenters. The normalized spacial score (nSPS) is 29.9. The molecule has 11 heteroatoms. The molecule has 0 aromatic heterocycles. The highest BCUT2D eigenvalue weighted by Gasteiger charge is 2.45. The summed E-state index contributed by atoms with van der Waals surface area (Å²) in [5.74, 6) is -2.37. The first kappa shape index (κ1) is 22.1. The molecule has 11 nitrogen and oxygen atoms in total. The largest absolute Gasteiger partial charge is 0.508 e. The highest BCUT2D eigenvalue weighted by atomic mass is 16.5. The number of rotatable bonds is 3. The van der Waals surface area contributed by atoms with Crippen molar-refractivity contribution in [2.24, 2.45) is 0 Å². The van der Waals surface area contributed by atoms with Gasteiger partial charge in [-0.3, -0.25) is 4.79 Å². The summed E-state index contributed by atoms with van der Waals surface area (Å²) in [4.78, 5) is 12.6. The topological polar surface area (TPSA) is 197 Å². The lowest BCUT2D eigenvalue weighted by Gasteiger charge is -2.40. The number of carbonyl (C=O) groups excluding carboxylic acids is 1. The highest BCUT2D eigenvalue weighted by Crippen LogP contribution is 2.46. The zero-order chi connectivity index (χ0) is 23.3. The number of phenolic OH excluding ortho intramolecular Hbond substituents is 4. The first-order valence-electron chi connectivity index (χ1n) is 9.74. The number of hydrogen-bond acceptors (Lipinski definition) is 11. The van der Waals surface area contributed by atoms with Gasteiger partial charge in [-0.2, -0.15) is 0 Å². The standard InChI is InChI=1S/C21H22O11/c22-6-16-18(28)19(29)20(30)21(32-16)9-3-8(10(24)4-11(9)25)14-5-13(27)17-12(26)1-7(23)2-15(17)31-14/h1-4,14,16,18-26,28-30H,5-6H2/t14-,16+,18+,19-,20+,21-/m0/s1. The predicted molar refractivity (Wildman–Crippen MR) is 105 cm³/mol. The van der Waals surface area contributed by atoms with Gasteiger partial charge in [0.25, 0.3) is 0 Å². The third kappa shape index (κ3) is 3.59. The molecule has 0 unspecified atom stereocenters. The van der Waals surface area contributed by atoms with E-state index in [1.54, 1.807) is 0 Å². The zero-order valence-electron chi connectivity index (χ0n) is 16.5. The molecule has 0 bridgehead atoms. The fourth-order valence-corrected chi connectivity index (χ4v) is 4.05. The Hall–Kier alpha value is -3.09. The minimum absolute atomic E-state index is 0.0246. The van der Waals surface area contributed by atoms with Crippen molar-refractivity contribution in [1.29, 1.82) is 0 Å². The molecule has 2 aliphatic heterocycles. The Kier molecular flexibility index (Phi) is 5.61. The maximum absolute atomic E-state index is 12.6. The number of aliphatic hydroxyl groups is 4. The summed E-state index contributed by atoms with van der Waals surface area (Å²) in [7, 11) is 0. The molecule has 32 heavy (non-hydrogen) atoms. The van der Waals surface area contributed by atoms with Crippen LogP contribution in [0.15, 0.2) is 24.3 Å². The summed E-state index contributed by atoms with van der Waals surface area (Å²) in [6.45, 7) is -0.669. The first-order chi connectivity index (χ1) is 15.1. The molecular formula is C21H22O11. The van der Waals surface area contributed by atoms with Crippen LogP contribution >= 0.6 is 0 Å². The van der Waals surface area contributed by atoms with E-state index in [0.717, 1.165) is 18.2 Å². The van der Waals surface area contributed by atoms with Crippen LogP contribution in [-0.2, 0) is 4.74 Å². The van der Waals surface area contributed by atoms with Crippen molar-refractivity contribution in [3.63, 3.8) is 0 Å². The number of carbonyl (C=O) groups is 1. The van der Waals surface area contributed by atoms with Gasteiger partial charge in [0.1, 0.15) is 70.9 Å². The molecule has 1 saturated heterocycles. The molecule has 8 N–H and O–H groups in total. The van der Waals surface area contributed by atoms with Crippen LogP contribution in [0.5, 0.6) is 28.7 Å². The Morgan fingerprint density at radius 3 is 2.22 bits per heavy atom. The van der Waals surface area contributed by atoms with Gasteiger partial charge in [0.2, 0.25) is 0 Å². The van der Waals surface area contributed by atoms with Gasteiger partial charge in [-0.25, -0.2) is 0 Å². The minimum Gasteiger partial charge on any atom is -0.508 e. The second kappa shape index (κ2) is 8.11. The number of hydrogen-bond donors (Lipinski definition) is 8. The number of aliphatic hydroxyl groups excluding tert-OH is 4. The Labute approximate surface area is 181 Å². The molecule has 0 saturated carbocycles.